The molecule has 132 valence electrons. The van der Waals surface area contributed by atoms with Crippen molar-refractivity contribution in [2.45, 2.75) is 13.8 Å². The van der Waals surface area contributed by atoms with Gasteiger partial charge in [-0.1, -0.05) is 41.7 Å². The van der Waals surface area contributed by atoms with Gasteiger partial charge in [-0.3, -0.25) is 4.79 Å². The van der Waals surface area contributed by atoms with Gasteiger partial charge < -0.3 is 4.57 Å². The van der Waals surface area contributed by atoms with Gasteiger partial charge in [-0.2, -0.15) is 0 Å². The standard InChI is InChI=1S/C22H17N3OS/c1-14-12-16(15(2)24(14)17-8-4-3-5-9-17)13-20-21(26)25-19-11-7-6-10-18(19)23-22(25)27-20/h3-13H,1-2H3/b20-13+. The van der Waals surface area contributed by atoms with Crippen LogP contribution in [0.25, 0.3) is 27.8 Å². The van der Waals surface area contributed by atoms with Gasteiger partial charge in [0.1, 0.15) is 0 Å². The lowest BCUT2D eigenvalue weighted by atomic mass is 10.2. The van der Waals surface area contributed by atoms with Crippen LogP contribution < -0.4 is 10.1 Å². The molecule has 3 aromatic heterocycles. The molecule has 0 aliphatic heterocycles. The monoisotopic (exact) mass is 371 g/mol. The largest absolute Gasteiger partial charge is 0.318 e. The maximum absolute atomic E-state index is 13.0. The van der Waals surface area contributed by atoms with Crippen LogP contribution >= 0.6 is 11.3 Å². The molecule has 3 heterocycles. The summed E-state index contributed by atoms with van der Waals surface area (Å²) < 4.78 is 4.63. The van der Waals surface area contributed by atoms with E-state index in [1.54, 1.807) is 4.40 Å². The molecule has 0 saturated heterocycles. The molecule has 5 heteroatoms. The fourth-order valence-electron chi connectivity index (χ4n) is 3.66. The summed E-state index contributed by atoms with van der Waals surface area (Å²) in [7, 11) is 0. The minimum absolute atomic E-state index is 0.00628. The van der Waals surface area contributed by atoms with Crippen LogP contribution in [0.3, 0.4) is 0 Å². The topological polar surface area (TPSA) is 39.3 Å². The Hall–Kier alpha value is -3.18. The minimum Gasteiger partial charge on any atom is -0.318 e. The van der Waals surface area contributed by atoms with Crippen molar-refractivity contribution in [1.29, 1.82) is 0 Å². The molecule has 0 aliphatic rings. The van der Waals surface area contributed by atoms with Crippen LogP contribution in [0.15, 0.2) is 65.5 Å². The van der Waals surface area contributed by atoms with Gasteiger partial charge >= 0.3 is 0 Å². The van der Waals surface area contributed by atoms with Crippen LogP contribution in [0.5, 0.6) is 0 Å². The summed E-state index contributed by atoms with van der Waals surface area (Å²) in [5, 5.41) is 0. The van der Waals surface area contributed by atoms with E-state index in [1.165, 1.54) is 11.3 Å². The van der Waals surface area contributed by atoms with Gasteiger partial charge in [0.15, 0.2) is 4.96 Å². The van der Waals surface area contributed by atoms with Crippen LogP contribution in [-0.2, 0) is 0 Å². The summed E-state index contributed by atoms with van der Waals surface area (Å²) in [4.78, 5) is 18.3. The van der Waals surface area contributed by atoms with Gasteiger partial charge in [0.05, 0.1) is 15.6 Å². The second-order valence-electron chi connectivity index (χ2n) is 6.63. The predicted octanol–water partition coefficient (Wildman–Crippen LogP) is 3.86. The van der Waals surface area contributed by atoms with E-state index in [-0.39, 0.29) is 5.56 Å². The Labute approximate surface area is 159 Å². The fourth-order valence-corrected chi connectivity index (χ4v) is 4.64. The normalized spacial score (nSPS) is 12.4. The highest BCUT2D eigenvalue weighted by Gasteiger charge is 2.13. The molecule has 5 rings (SSSR count). The lowest BCUT2D eigenvalue weighted by Gasteiger charge is -2.08. The number of thiazole rings is 1. The van der Waals surface area contributed by atoms with E-state index in [4.69, 9.17) is 0 Å². The van der Waals surface area contributed by atoms with Gasteiger partial charge in [0.25, 0.3) is 5.56 Å². The first-order valence-electron chi connectivity index (χ1n) is 8.79. The Morgan fingerprint density at radius 3 is 2.56 bits per heavy atom. The molecule has 0 spiro atoms. The summed E-state index contributed by atoms with van der Waals surface area (Å²) in [6.07, 6.45) is 1.98. The number of rotatable bonds is 2. The number of aryl methyl sites for hydroxylation is 1. The van der Waals surface area contributed by atoms with Crippen LogP contribution in [0.4, 0.5) is 0 Å². The maximum Gasteiger partial charge on any atom is 0.274 e. The minimum atomic E-state index is -0.00628. The summed E-state index contributed by atoms with van der Waals surface area (Å²) in [6, 6.07) is 20.1. The second-order valence-corrected chi connectivity index (χ2v) is 7.64. The Bertz CT molecular complexity index is 1410. The van der Waals surface area contributed by atoms with Gasteiger partial charge in [0, 0.05) is 17.1 Å². The molecule has 0 bridgehead atoms. The van der Waals surface area contributed by atoms with E-state index in [9.17, 15) is 4.79 Å². The lowest BCUT2D eigenvalue weighted by molar-refractivity contribution is 0.964. The number of aromatic nitrogens is 3. The molecule has 2 aromatic carbocycles. The smallest absolute Gasteiger partial charge is 0.274 e. The first kappa shape index (κ1) is 16.0. The Morgan fingerprint density at radius 2 is 1.74 bits per heavy atom. The molecule has 0 N–H and O–H groups in total. The van der Waals surface area contributed by atoms with Crippen molar-refractivity contribution in [1.82, 2.24) is 14.0 Å². The van der Waals surface area contributed by atoms with Crippen molar-refractivity contribution in [3.63, 3.8) is 0 Å². The summed E-state index contributed by atoms with van der Waals surface area (Å²) in [6.45, 7) is 4.18. The summed E-state index contributed by atoms with van der Waals surface area (Å²) >= 11 is 1.44. The number of imidazole rings is 1. The maximum atomic E-state index is 13.0. The second kappa shape index (κ2) is 5.93. The molecule has 4 nitrogen and oxygen atoms in total. The molecule has 0 aliphatic carbocycles. The highest BCUT2D eigenvalue weighted by molar-refractivity contribution is 7.15. The van der Waals surface area contributed by atoms with Gasteiger partial charge in [-0.05, 0) is 55.8 Å². The van der Waals surface area contributed by atoms with Gasteiger partial charge in [-0.15, -0.1) is 0 Å². The van der Waals surface area contributed by atoms with E-state index >= 15 is 0 Å². The summed E-state index contributed by atoms with van der Waals surface area (Å²) in [5.74, 6) is 0. The van der Waals surface area contributed by atoms with Crippen LogP contribution in [-0.4, -0.2) is 14.0 Å². The fraction of sp³-hybridized carbons (Fsp3) is 0.0909. The quantitative estimate of drug-likeness (QED) is 0.473. The Morgan fingerprint density at radius 1 is 1.00 bits per heavy atom. The zero-order valence-corrected chi connectivity index (χ0v) is 15.8. The molecule has 0 fully saturated rings. The summed E-state index contributed by atoms with van der Waals surface area (Å²) in [5.41, 5.74) is 6.16. The first-order chi connectivity index (χ1) is 13.1. The molecule has 0 amide bonds. The third kappa shape index (κ3) is 2.43. The molecule has 0 atom stereocenters. The zero-order valence-electron chi connectivity index (χ0n) is 15.0. The van der Waals surface area contributed by atoms with Crippen molar-refractivity contribution in [2.75, 3.05) is 0 Å². The number of hydrogen-bond donors (Lipinski definition) is 0. The van der Waals surface area contributed by atoms with Gasteiger partial charge in [0.2, 0.25) is 0 Å². The molecular weight excluding hydrogens is 354 g/mol. The SMILES string of the molecule is Cc1cc(/C=c2/sc3nc4ccccc4n3c2=O)c(C)n1-c1ccccc1. The number of fused-ring (bicyclic) bond motifs is 3. The van der Waals surface area contributed by atoms with Crippen molar-refractivity contribution >= 4 is 33.4 Å². The van der Waals surface area contributed by atoms with Crippen molar-refractivity contribution < 1.29 is 0 Å². The van der Waals surface area contributed by atoms with E-state index in [2.05, 4.69) is 41.6 Å². The Balaban J connectivity index is 1.72. The number of hydrogen-bond acceptors (Lipinski definition) is 3. The molecule has 5 aromatic rings. The van der Waals surface area contributed by atoms with Crippen molar-refractivity contribution in [3.05, 3.63) is 92.5 Å². The van der Waals surface area contributed by atoms with E-state index in [1.807, 2.05) is 48.5 Å². The van der Waals surface area contributed by atoms with Crippen LogP contribution in [0, 0.1) is 13.8 Å². The Kier molecular flexibility index (Phi) is 3.52. The van der Waals surface area contributed by atoms with E-state index < -0.39 is 0 Å². The van der Waals surface area contributed by atoms with Crippen LogP contribution in [0.2, 0.25) is 0 Å². The molecular formula is C22H17N3OS. The molecule has 0 saturated carbocycles. The zero-order chi connectivity index (χ0) is 18.5. The number of para-hydroxylation sites is 3. The predicted molar refractivity (Wildman–Crippen MR) is 111 cm³/mol. The molecule has 0 unspecified atom stereocenters. The number of benzene rings is 2. The highest BCUT2D eigenvalue weighted by atomic mass is 32.1. The van der Waals surface area contributed by atoms with E-state index in [0.717, 1.165) is 38.6 Å². The molecule has 0 radical (unpaired) electrons. The first-order valence-corrected chi connectivity index (χ1v) is 9.61. The van der Waals surface area contributed by atoms with Crippen molar-refractivity contribution in [2.24, 2.45) is 0 Å². The average molecular weight is 371 g/mol. The van der Waals surface area contributed by atoms with Crippen LogP contribution in [0.1, 0.15) is 17.0 Å². The highest BCUT2D eigenvalue weighted by Crippen LogP contribution is 2.21. The third-order valence-electron chi connectivity index (χ3n) is 4.92. The van der Waals surface area contributed by atoms with Gasteiger partial charge in [-0.25, -0.2) is 9.38 Å². The lowest BCUT2D eigenvalue weighted by Crippen LogP contribution is -2.22. The number of nitrogens with zero attached hydrogens (tertiary/aromatic N) is 3. The molecule has 27 heavy (non-hydrogen) atoms. The third-order valence-corrected chi connectivity index (χ3v) is 5.89. The average Bonchev–Trinajstić information content (AvgIpc) is 3.28. The van der Waals surface area contributed by atoms with Crippen molar-refractivity contribution in [3.8, 4) is 5.69 Å². The van der Waals surface area contributed by atoms with E-state index in [0.29, 0.717) is 4.53 Å².